The highest BCUT2D eigenvalue weighted by atomic mass is 16.2. The van der Waals surface area contributed by atoms with E-state index in [2.05, 4.69) is 27.1 Å². The van der Waals surface area contributed by atoms with E-state index in [1.54, 1.807) is 18.2 Å². The maximum Gasteiger partial charge on any atom is 0.258 e. The van der Waals surface area contributed by atoms with Gasteiger partial charge in [0.1, 0.15) is 6.33 Å². The molecule has 0 saturated carbocycles. The molecule has 0 fully saturated rings. The zero-order valence-electron chi connectivity index (χ0n) is 10.7. The summed E-state index contributed by atoms with van der Waals surface area (Å²) in [6, 6.07) is 7.19. The van der Waals surface area contributed by atoms with E-state index in [4.69, 9.17) is 5.11 Å². The molecule has 2 N–H and O–H groups in total. The molecule has 5 heteroatoms. The lowest BCUT2D eigenvalue weighted by Crippen LogP contribution is -2.12. The number of hydrogen-bond acceptors (Lipinski definition) is 4. The Bertz CT molecular complexity index is 645. The molecule has 2 rings (SSSR count). The summed E-state index contributed by atoms with van der Waals surface area (Å²) in [6.07, 6.45) is 4.70. The van der Waals surface area contributed by atoms with Gasteiger partial charge in [-0.1, -0.05) is 17.9 Å². The SMILES string of the molecule is O=C(Nc1cccc(C#CCCO)c1)c1cncnc1. The van der Waals surface area contributed by atoms with Gasteiger partial charge in [0.2, 0.25) is 0 Å². The molecule has 20 heavy (non-hydrogen) atoms. The number of aliphatic hydroxyl groups is 1. The van der Waals surface area contributed by atoms with Crippen LogP contribution in [0.15, 0.2) is 43.0 Å². The van der Waals surface area contributed by atoms with E-state index < -0.39 is 0 Å². The van der Waals surface area contributed by atoms with Gasteiger partial charge in [-0.2, -0.15) is 0 Å². The van der Waals surface area contributed by atoms with Gasteiger partial charge < -0.3 is 10.4 Å². The summed E-state index contributed by atoms with van der Waals surface area (Å²) in [7, 11) is 0. The number of carbonyl (C=O) groups excluding carboxylic acids is 1. The van der Waals surface area contributed by atoms with Crippen molar-refractivity contribution in [3.05, 3.63) is 54.1 Å². The van der Waals surface area contributed by atoms with Gasteiger partial charge in [-0.3, -0.25) is 4.79 Å². The minimum Gasteiger partial charge on any atom is -0.395 e. The molecule has 1 amide bonds. The van der Waals surface area contributed by atoms with E-state index in [9.17, 15) is 4.79 Å². The Morgan fingerprint density at radius 3 is 2.85 bits per heavy atom. The normalized spacial score (nSPS) is 9.45. The van der Waals surface area contributed by atoms with Crippen LogP contribution < -0.4 is 5.32 Å². The molecule has 100 valence electrons. The summed E-state index contributed by atoms with van der Waals surface area (Å²) in [4.78, 5) is 19.5. The zero-order chi connectivity index (χ0) is 14.2. The number of benzene rings is 1. The van der Waals surface area contributed by atoms with Crippen molar-refractivity contribution >= 4 is 11.6 Å². The standard InChI is InChI=1S/C15H13N3O2/c19-7-2-1-4-12-5-3-6-14(8-12)18-15(20)13-9-16-11-17-10-13/h3,5-6,8-11,19H,2,7H2,(H,18,20). The number of rotatable bonds is 3. The Kier molecular flexibility index (Phi) is 4.81. The van der Waals surface area contributed by atoms with Gasteiger partial charge in [-0.15, -0.1) is 0 Å². The number of nitrogens with one attached hydrogen (secondary N) is 1. The van der Waals surface area contributed by atoms with Gasteiger partial charge in [-0.25, -0.2) is 9.97 Å². The molecular formula is C15H13N3O2. The molecule has 0 bridgehead atoms. The predicted octanol–water partition coefficient (Wildman–Crippen LogP) is 1.46. The van der Waals surface area contributed by atoms with E-state index in [0.717, 1.165) is 5.56 Å². The molecule has 0 radical (unpaired) electrons. The molecule has 2 aromatic rings. The molecule has 0 aliphatic heterocycles. The first kappa shape index (κ1) is 13.7. The lowest BCUT2D eigenvalue weighted by Gasteiger charge is -2.04. The highest BCUT2D eigenvalue weighted by Crippen LogP contribution is 2.11. The first-order valence-corrected chi connectivity index (χ1v) is 6.06. The van der Waals surface area contributed by atoms with Crippen molar-refractivity contribution in [1.29, 1.82) is 0 Å². The highest BCUT2D eigenvalue weighted by Gasteiger charge is 2.06. The molecule has 0 unspecified atom stereocenters. The van der Waals surface area contributed by atoms with Crippen LogP contribution in [0.25, 0.3) is 0 Å². The quantitative estimate of drug-likeness (QED) is 0.826. The number of aliphatic hydroxyl groups excluding tert-OH is 1. The molecule has 0 spiro atoms. The van der Waals surface area contributed by atoms with Crippen molar-refractivity contribution in [3.63, 3.8) is 0 Å². The molecule has 1 aromatic carbocycles. The molecule has 0 aliphatic carbocycles. The van der Waals surface area contributed by atoms with Crippen LogP contribution in [0.3, 0.4) is 0 Å². The highest BCUT2D eigenvalue weighted by molar-refractivity contribution is 6.03. The average molecular weight is 267 g/mol. The largest absolute Gasteiger partial charge is 0.395 e. The minimum absolute atomic E-state index is 0.0391. The van der Waals surface area contributed by atoms with E-state index in [0.29, 0.717) is 17.7 Å². The van der Waals surface area contributed by atoms with Gasteiger partial charge in [0, 0.05) is 30.1 Å². The second kappa shape index (κ2) is 7.02. The van der Waals surface area contributed by atoms with Crippen LogP contribution in [0, 0.1) is 11.8 Å². The van der Waals surface area contributed by atoms with Crippen LogP contribution in [0.5, 0.6) is 0 Å². The number of aromatic nitrogens is 2. The van der Waals surface area contributed by atoms with Crippen molar-refractivity contribution in [2.45, 2.75) is 6.42 Å². The lowest BCUT2D eigenvalue weighted by atomic mass is 10.2. The van der Waals surface area contributed by atoms with Crippen LogP contribution in [-0.4, -0.2) is 27.6 Å². The van der Waals surface area contributed by atoms with Crippen LogP contribution in [0.2, 0.25) is 0 Å². The maximum absolute atomic E-state index is 11.9. The van der Waals surface area contributed by atoms with Gasteiger partial charge in [0.15, 0.2) is 0 Å². The summed E-state index contributed by atoms with van der Waals surface area (Å²) in [5, 5.41) is 11.4. The molecule has 0 aliphatic rings. The van der Waals surface area contributed by atoms with E-state index in [1.807, 2.05) is 6.07 Å². The lowest BCUT2D eigenvalue weighted by molar-refractivity contribution is 0.102. The Hall–Kier alpha value is -2.71. The fourth-order valence-corrected chi connectivity index (χ4v) is 1.51. The molecule has 0 saturated heterocycles. The van der Waals surface area contributed by atoms with Crippen molar-refractivity contribution in [1.82, 2.24) is 9.97 Å². The molecule has 1 aromatic heterocycles. The van der Waals surface area contributed by atoms with Crippen molar-refractivity contribution in [3.8, 4) is 11.8 Å². The summed E-state index contributed by atoms with van der Waals surface area (Å²) >= 11 is 0. The summed E-state index contributed by atoms with van der Waals surface area (Å²) in [5.74, 6) is 5.47. The van der Waals surface area contributed by atoms with Crippen molar-refractivity contribution in [2.75, 3.05) is 11.9 Å². The summed E-state index contributed by atoms with van der Waals surface area (Å²) in [5.41, 5.74) is 1.82. The van der Waals surface area contributed by atoms with Gasteiger partial charge in [0.05, 0.1) is 12.2 Å². The third kappa shape index (κ3) is 3.90. The Morgan fingerprint density at radius 2 is 2.10 bits per heavy atom. The first-order chi connectivity index (χ1) is 9.79. The van der Waals surface area contributed by atoms with Gasteiger partial charge in [-0.05, 0) is 18.2 Å². The van der Waals surface area contributed by atoms with E-state index >= 15 is 0 Å². The Morgan fingerprint density at radius 1 is 1.30 bits per heavy atom. The smallest absolute Gasteiger partial charge is 0.258 e. The van der Waals surface area contributed by atoms with Crippen LogP contribution in [-0.2, 0) is 0 Å². The first-order valence-electron chi connectivity index (χ1n) is 6.06. The monoisotopic (exact) mass is 267 g/mol. The number of nitrogens with zero attached hydrogens (tertiary/aromatic N) is 2. The van der Waals surface area contributed by atoms with Crippen LogP contribution in [0.4, 0.5) is 5.69 Å². The Labute approximate surface area is 116 Å². The van der Waals surface area contributed by atoms with Crippen LogP contribution in [0.1, 0.15) is 22.3 Å². The fraction of sp³-hybridized carbons (Fsp3) is 0.133. The second-order valence-electron chi connectivity index (χ2n) is 3.94. The average Bonchev–Trinajstić information content (AvgIpc) is 2.49. The van der Waals surface area contributed by atoms with Gasteiger partial charge in [0.25, 0.3) is 5.91 Å². The second-order valence-corrected chi connectivity index (χ2v) is 3.94. The number of carbonyl (C=O) groups is 1. The van der Waals surface area contributed by atoms with Crippen molar-refractivity contribution < 1.29 is 9.90 Å². The number of anilines is 1. The number of hydrogen-bond donors (Lipinski definition) is 2. The van der Waals surface area contributed by atoms with Crippen LogP contribution >= 0.6 is 0 Å². The molecule has 0 atom stereocenters. The summed E-state index contributed by atoms with van der Waals surface area (Å²) < 4.78 is 0. The maximum atomic E-state index is 11.9. The topological polar surface area (TPSA) is 75.1 Å². The Balaban J connectivity index is 2.09. The van der Waals surface area contributed by atoms with Gasteiger partial charge >= 0.3 is 0 Å². The summed E-state index contributed by atoms with van der Waals surface area (Å²) in [6.45, 7) is 0.0391. The third-order valence-electron chi connectivity index (χ3n) is 2.41. The van der Waals surface area contributed by atoms with E-state index in [1.165, 1.54) is 18.7 Å². The number of amides is 1. The molecule has 1 heterocycles. The molecule has 5 nitrogen and oxygen atoms in total. The third-order valence-corrected chi connectivity index (χ3v) is 2.41. The predicted molar refractivity (Wildman–Crippen MR) is 75.0 cm³/mol. The zero-order valence-corrected chi connectivity index (χ0v) is 10.7. The van der Waals surface area contributed by atoms with Crippen molar-refractivity contribution in [2.24, 2.45) is 0 Å². The van der Waals surface area contributed by atoms with E-state index in [-0.39, 0.29) is 12.5 Å². The fourth-order valence-electron chi connectivity index (χ4n) is 1.51. The molecular weight excluding hydrogens is 254 g/mol. The minimum atomic E-state index is -0.272.